The molecule has 7 nitrogen and oxygen atoms in total. The SMILES string of the molecule is Cn1cc(Nc2nc(O[C@H]3CC[C@@H](N)C3)c3sccc3n2)cn1. The highest BCUT2D eigenvalue weighted by Gasteiger charge is 2.25. The molecule has 1 saturated carbocycles. The maximum absolute atomic E-state index is 6.12. The molecule has 1 fully saturated rings. The fraction of sp³-hybridized carbons (Fsp3) is 0.400. The minimum atomic E-state index is 0.136. The number of hydrogen-bond donors (Lipinski definition) is 2. The molecule has 0 aromatic carbocycles. The van der Waals surface area contributed by atoms with Gasteiger partial charge in [0.05, 0.1) is 17.4 Å². The van der Waals surface area contributed by atoms with Gasteiger partial charge in [-0.2, -0.15) is 10.1 Å². The highest BCUT2D eigenvalue weighted by Crippen LogP contribution is 2.32. The molecule has 0 radical (unpaired) electrons. The van der Waals surface area contributed by atoms with Crippen LogP contribution in [0.4, 0.5) is 11.6 Å². The zero-order chi connectivity index (χ0) is 15.8. The van der Waals surface area contributed by atoms with E-state index in [1.807, 2.05) is 24.7 Å². The second kappa shape index (κ2) is 5.78. The number of thiophene rings is 1. The number of aryl methyl sites for hydroxylation is 1. The van der Waals surface area contributed by atoms with Crippen LogP contribution in [0.25, 0.3) is 10.2 Å². The molecule has 0 aliphatic heterocycles. The van der Waals surface area contributed by atoms with E-state index in [4.69, 9.17) is 10.5 Å². The lowest BCUT2D eigenvalue weighted by atomic mass is 10.3. The quantitative estimate of drug-likeness (QED) is 0.763. The minimum absolute atomic E-state index is 0.136. The molecule has 1 aliphatic carbocycles. The number of nitrogens with zero attached hydrogens (tertiary/aromatic N) is 4. The zero-order valence-electron chi connectivity index (χ0n) is 12.8. The van der Waals surface area contributed by atoms with Crippen LogP contribution in [-0.4, -0.2) is 31.9 Å². The molecule has 3 aromatic heterocycles. The Labute approximate surface area is 137 Å². The van der Waals surface area contributed by atoms with Crippen molar-refractivity contribution in [2.24, 2.45) is 12.8 Å². The summed E-state index contributed by atoms with van der Waals surface area (Å²) >= 11 is 1.59. The van der Waals surface area contributed by atoms with Crippen molar-refractivity contribution >= 4 is 33.2 Å². The maximum Gasteiger partial charge on any atom is 0.236 e. The average molecular weight is 330 g/mol. The maximum atomic E-state index is 6.12. The van der Waals surface area contributed by atoms with Crippen LogP contribution in [0, 0.1) is 0 Å². The van der Waals surface area contributed by atoms with E-state index < -0.39 is 0 Å². The van der Waals surface area contributed by atoms with Crippen molar-refractivity contribution in [3.8, 4) is 5.88 Å². The highest BCUT2D eigenvalue weighted by atomic mass is 32.1. The molecule has 0 unspecified atom stereocenters. The molecule has 3 N–H and O–H groups in total. The normalized spacial score (nSPS) is 21.0. The third-order valence-corrected chi connectivity index (χ3v) is 4.83. The molecule has 0 spiro atoms. The van der Waals surface area contributed by atoms with Crippen molar-refractivity contribution in [3.05, 3.63) is 23.8 Å². The summed E-state index contributed by atoms with van der Waals surface area (Å²) in [4.78, 5) is 9.09. The molecule has 1 aliphatic rings. The summed E-state index contributed by atoms with van der Waals surface area (Å²) in [5, 5.41) is 9.31. The number of anilines is 2. The second-order valence-electron chi connectivity index (χ2n) is 5.83. The lowest BCUT2D eigenvalue weighted by molar-refractivity contribution is 0.203. The first-order chi connectivity index (χ1) is 11.2. The van der Waals surface area contributed by atoms with Crippen molar-refractivity contribution in [2.45, 2.75) is 31.4 Å². The Kier molecular flexibility index (Phi) is 3.62. The van der Waals surface area contributed by atoms with Gasteiger partial charge in [0.25, 0.3) is 0 Å². The molecule has 0 bridgehead atoms. The van der Waals surface area contributed by atoms with Gasteiger partial charge in [-0.3, -0.25) is 4.68 Å². The van der Waals surface area contributed by atoms with Crippen LogP contribution in [0.15, 0.2) is 23.8 Å². The molecule has 8 heteroatoms. The lowest BCUT2D eigenvalue weighted by Gasteiger charge is -2.14. The summed E-state index contributed by atoms with van der Waals surface area (Å²) in [6.07, 6.45) is 6.60. The fourth-order valence-electron chi connectivity index (χ4n) is 2.83. The van der Waals surface area contributed by atoms with Crippen molar-refractivity contribution in [2.75, 3.05) is 5.32 Å². The van der Waals surface area contributed by atoms with Gasteiger partial charge >= 0.3 is 0 Å². The standard InChI is InChI=1S/C15H18N6OS/c1-21-8-10(7-17-21)18-15-19-12-4-5-23-13(12)14(20-15)22-11-3-2-9(16)6-11/h4-5,7-9,11H,2-3,6,16H2,1H3,(H,18,19,20)/t9-,11+/m1/s1. The van der Waals surface area contributed by atoms with Crippen LogP contribution >= 0.6 is 11.3 Å². The van der Waals surface area contributed by atoms with Crippen LogP contribution in [0.5, 0.6) is 5.88 Å². The van der Waals surface area contributed by atoms with Crippen molar-refractivity contribution in [1.29, 1.82) is 0 Å². The van der Waals surface area contributed by atoms with Crippen LogP contribution in [0.1, 0.15) is 19.3 Å². The Hall–Kier alpha value is -2.19. The summed E-state index contributed by atoms with van der Waals surface area (Å²) in [6, 6.07) is 2.21. The minimum Gasteiger partial charge on any atom is -0.473 e. The summed E-state index contributed by atoms with van der Waals surface area (Å²) in [7, 11) is 1.87. The van der Waals surface area contributed by atoms with Gasteiger partial charge in [-0.25, -0.2) is 4.98 Å². The van der Waals surface area contributed by atoms with Gasteiger partial charge in [-0.15, -0.1) is 11.3 Å². The van der Waals surface area contributed by atoms with E-state index in [0.29, 0.717) is 11.8 Å². The van der Waals surface area contributed by atoms with Crippen LogP contribution < -0.4 is 15.8 Å². The first-order valence-electron chi connectivity index (χ1n) is 7.60. The molecule has 3 heterocycles. The Morgan fingerprint density at radius 2 is 2.30 bits per heavy atom. The van der Waals surface area contributed by atoms with Crippen molar-refractivity contribution in [1.82, 2.24) is 19.7 Å². The van der Waals surface area contributed by atoms with Crippen LogP contribution in [0.2, 0.25) is 0 Å². The van der Waals surface area contributed by atoms with E-state index in [9.17, 15) is 0 Å². The number of nitrogens with one attached hydrogen (secondary N) is 1. The summed E-state index contributed by atoms with van der Waals surface area (Å²) in [6.45, 7) is 0. The van der Waals surface area contributed by atoms with Gasteiger partial charge in [-0.1, -0.05) is 0 Å². The third kappa shape index (κ3) is 2.99. The highest BCUT2D eigenvalue weighted by molar-refractivity contribution is 7.17. The third-order valence-electron chi connectivity index (χ3n) is 3.94. The molecular weight excluding hydrogens is 312 g/mol. The van der Waals surface area contributed by atoms with Crippen LogP contribution in [-0.2, 0) is 7.05 Å². The van der Waals surface area contributed by atoms with Crippen molar-refractivity contribution in [3.63, 3.8) is 0 Å². The predicted octanol–water partition coefficient (Wildman–Crippen LogP) is 2.43. The smallest absolute Gasteiger partial charge is 0.236 e. The molecule has 3 aromatic rings. The Morgan fingerprint density at radius 3 is 3.04 bits per heavy atom. The number of hydrogen-bond acceptors (Lipinski definition) is 7. The number of fused-ring (bicyclic) bond motifs is 1. The second-order valence-corrected chi connectivity index (χ2v) is 6.74. The number of aromatic nitrogens is 4. The van der Waals surface area contributed by atoms with Crippen LogP contribution in [0.3, 0.4) is 0 Å². The van der Waals surface area contributed by atoms with Gasteiger partial charge in [0.2, 0.25) is 11.8 Å². The number of ether oxygens (including phenoxy) is 1. The monoisotopic (exact) mass is 330 g/mol. The molecule has 2 atom stereocenters. The number of rotatable bonds is 4. The summed E-state index contributed by atoms with van der Waals surface area (Å²) in [5.41, 5.74) is 7.70. The van der Waals surface area contributed by atoms with E-state index in [-0.39, 0.29) is 12.1 Å². The van der Waals surface area contributed by atoms with E-state index in [1.54, 1.807) is 22.2 Å². The molecule has 0 amide bonds. The zero-order valence-corrected chi connectivity index (χ0v) is 13.6. The fourth-order valence-corrected chi connectivity index (χ4v) is 3.59. The van der Waals surface area contributed by atoms with E-state index in [2.05, 4.69) is 20.4 Å². The topological polar surface area (TPSA) is 90.9 Å². The van der Waals surface area contributed by atoms with E-state index in [0.717, 1.165) is 35.2 Å². The van der Waals surface area contributed by atoms with Gasteiger partial charge in [0, 0.05) is 19.3 Å². The Morgan fingerprint density at radius 1 is 1.39 bits per heavy atom. The van der Waals surface area contributed by atoms with E-state index in [1.165, 1.54) is 0 Å². The predicted molar refractivity (Wildman–Crippen MR) is 90.1 cm³/mol. The largest absolute Gasteiger partial charge is 0.473 e. The average Bonchev–Trinajstić information content (AvgIpc) is 3.22. The molecular formula is C15H18N6OS. The summed E-state index contributed by atoms with van der Waals surface area (Å²) in [5.74, 6) is 1.15. The van der Waals surface area contributed by atoms with Gasteiger partial charge in [0.15, 0.2) is 0 Å². The van der Waals surface area contributed by atoms with Gasteiger partial charge in [-0.05, 0) is 30.7 Å². The first-order valence-corrected chi connectivity index (χ1v) is 8.48. The Bertz CT molecular complexity index is 828. The van der Waals surface area contributed by atoms with Crippen molar-refractivity contribution < 1.29 is 4.74 Å². The van der Waals surface area contributed by atoms with Gasteiger partial charge < -0.3 is 15.8 Å². The molecule has 120 valence electrons. The Balaban J connectivity index is 1.64. The first kappa shape index (κ1) is 14.4. The van der Waals surface area contributed by atoms with Gasteiger partial charge in [0.1, 0.15) is 10.8 Å². The van der Waals surface area contributed by atoms with E-state index >= 15 is 0 Å². The number of nitrogens with two attached hydrogens (primary N) is 1. The molecule has 4 rings (SSSR count). The summed E-state index contributed by atoms with van der Waals surface area (Å²) < 4.78 is 8.82. The molecule has 0 saturated heterocycles. The lowest BCUT2D eigenvalue weighted by Crippen LogP contribution is -2.19. The molecule has 23 heavy (non-hydrogen) atoms.